The molecule has 0 bridgehead atoms. The van der Waals surface area contributed by atoms with Gasteiger partial charge in [0.1, 0.15) is 22.5 Å². The van der Waals surface area contributed by atoms with Gasteiger partial charge in [-0.2, -0.15) is 5.10 Å². The summed E-state index contributed by atoms with van der Waals surface area (Å²) in [4.78, 5) is 28.3. The summed E-state index contributed by atoms with van der Waals surface area (Å²) < 4.78 is 7.30. The van der Waals surface area contributed by atoms with E-state index in [0.29, 0.717) is 27.9 Å². The van der Waals surface area contributed by atoms with Crippen LogP contribution in [0.2, 0.25) is 0 Å². The van der Waals surface area contributed by atoms with Crippen LogP contribution in [0.5, 0.6) is 0 Å². The van der Waals surface area contributed by atoms with E-state index in [1.807, 2.05) is 13.0 Å². The van der Waals surface area contributed by atoms with Crippen molar-refractivity contribution in [3.8, 4) is 0 Å². The number of fused-ring (bicyclic) bond motifs is 2. The topological polar surface area (TPSA) is 110 Å². The Morgan fingerprint density at radius 2 is 2.18 bits per heavy atom. The Balaban J connectivity index is 1.68. The molecule has 0 saturated heterocycles. The van der Waals surface area contributed by atoms with E-state index in [4.69, 9.17) is 4.42 Å². The number of nitrogens with one attached hydrogen (secondary N) is 1. The molecule has 0 aliphatic carbocycles. The number of benzene rings is 1. The quantitative estimate of drug-likeness (QED) is 0.554. The Bertz CT molecular complexity index is 1250. The van der Waals surface area contributed by atoms with Crippen LogP contribution in [0.1, 0.15) is 37.6 Å². The average molecular weight is 376 g/mol. The number of carbonyl (C=O) groups is 2. The first kappa shape index (κ1) is 17.5. The highest BCUT2D eigenvalue weighted by Crippen LogP contribution is 2.31. The van der Waals surface area contributed by atoms with Crippen molar-refractivity contribution in [2.45, 2.75) is 13.5 Å². The van der Waals surface area contributed by atoms with E-state index >= 15 is 0 Å². The smallest absolute Gasteiger partial charge is 0.339 e. The van der Waals surface area contributed by atoms with Crippen LogP contribution in [0, 0.1) is 6.92 Å². The second-order valence-electron chi connectivity index (χ2n) is 6.27. The van der Waals surface area contributed by atoms with E-state index < -0.39 is 5.97 Å². The summed E-state index contributed by atoms with van der Waals surface area (Å²) >= 11 is 0. The van der Waals surface area contributed by atoms with E-state index in [9.17, 15) is 14.7 Å². The Labute approximate surface area is 159 Å². The molecule has 140 valence electrons. The highest BCUT2D eigenvalue weighted by molar-refractivity contribution is 6.04. The van der Waals surface area contributed by atoms with Crippen molar-refractivity contribution in [3.05, 3.63) is 71.4 Å². The van der Waals surface area contributed by atoms with Gasteiger partial charge in [0.25, 0.3) is 5.91 Å². The van der Waals surface area contributed by atoms with Gasteiger partial charge in [0.15, 0.2) is 5.65 Å². The van der Waals surface area contributed by atoms with Crippen molar-refractivity contribution in [2.24, 2.45) is 0 Å². The number of carbonyl (C=O) groups excluding carboxylic acids is 1. The molecular formula is C20H16N4O4. The van der Waals surface area contributed by atoms with Gasteiger partial charge in [-0.15, -0.1) is 0 Å². The van der Waals surface area contributed by atoms with Crippen LogP contribution in [-0.2, 0) is 6.54 Å². The predicted molar refractivity (Wildman–Crippen MR) is 102 cm³/mol. The first-order valence-electron chi connectivity index (χ1n) is 8.48. The molecule has 28 heavy (non-hydrogen) atoms. The monoisotopic (exact) mass is 376 g/mol. The van der Waals surface area contributed by atoms with E-state index in [0.717, 1.165) is 5.56 Å². The third-order valence-electron chi connectivity index (χ3n) is 4.42. The summed E-state index contributed by atoms with van der Waals surface area (Å²) in [5.74, 6) is -1.01. The summed E-state index contributed by atoms with van der Waals surface area (Å²) in [6.45, 7) is 5.67. The molecule has 3 aromatic heterocycles. The number of amides is 1. The number of carboxylic acid groups (broad SMARTS) is 1. The lowest BCUT2D eigenvalue weighted by Gasteiger charge is -2.03. The fourth-order valence-corrected chi connectivity index (χ4v) is 3.17. The molecule has 4 rings (SSSR count). The number of aromatic nitrogens is 3. The Morgan fingerprint density at radius 3 is 2.93 bits per heavy atom. The van der Waals surface area contributed by atoms with Gasteiger partial charge in [0.05, 0.1) is 12.7 Å². The molecule has 1 amide bonds. The minimum Gasteiger partial charge on any atom is -0.478 e. The zero-order valence-corrected chi connectivity index (χ0v) is 15.0. The van der Waals surface area contributed by atoms with Crippen LogP contribution in [0.15, 0.2) is 47.8 Å². The van der Waals surface area contributed by atoms with Gasteiger partial charge in [-0.25, -0.2) is 14.3 Å². The zero-order chi connectivity index (χ0) is 19.8. The first-order chi connectivity index (χ1) is 13.5. The van der Waals surface area contributed by atoms with Crippen LogP contribution < -0.4 is 5.32 Å². The maximum absolute atomic E-state index is 12.6. The summed E-state index contributed by atoms with van der Waals surface area (Å²) in [6, 6.07) is 5.10. The van der Waals surface area contributed by atoms with Crippen LogP contribution in [0.4, 0.5) is 0 Å². The van der Waals surface area contributed by atoms with Crippen LogP contribution >= 0.6 is 0 Å². The Morgan fingerprint density at radius 1 is 1.36 bits per heavy atom. The standard InChI is InChI=1S/C20H16N4O4/c1-3-12-13-7-11(2)8-14(20(26)27)17(13)28-16(12)10-22-19(25)15-9-23-24-6-4-5-21-18(15)24/h3-9H,1,10H2,2H3,(H,22,25)(H,26,27). The molecule has 1 aromatic carbocycles. The Hall–Kier alpha value is -3.94. The SMILES string of the molecule is C=Cc1c(CNC(=O)c2cnn3cccnc23)oc2c(C(=O)O)cc(C)cc12. The number of carboxylic acids is 1. The fraction of sp³-hybridized carbons (Fsp3) is 0.100. The number of furan rings is 1. The molecule has 0 atom stereocenters. The van der Waals surface area contributed by atoms with Crippen molar-refractivity contribution in [1.29, 1.82) is 0 Å². The first-order valence-corrected chi connectivity index (χ1v) is 8.48. The number of rotatable bonds is 5. The Kier molecular flexibility index (Phi) is 4.15. The molecule has 8 heteroatoms. The second kappa shape index (κ2) is 6.66. The molecule has 0 radical (unpaired) electrons. The van der Waals surface area contributed by atoms with Gasteiger partial charge >= 0.3 is 5.97 Å². The van der Waals surface area contributed by atoms with Crippen molar-refractivity contribution in [2.75, 3.05) is 0 Å². The highest BCUT2D eigenvalue weighted by atomic mass is 16.4. The average Bonchev–Trinajstić information content (AvgIpc) is 3.26. The maximum atomic E-state index is 12.6. The van der Waals surface area contributed by atoms with E-state index in [2.05, 4.69) is 22.0 Å². The van der Waals surface area contributed by atoms with E-state index in [-0.39, 0.29) is 23.6 Å². The van der Waals surface area contributed by atoms with Crippen molar-refractivity contribution in [3.63, 3.8) is 0 Å². The number of aromatic carboxylic acids is 1. The molecule has 0 aliphatic rings. The van der Waals surface area contributed by atoms with Gasteiger partial charge in [-0.05, 0) is 30.7 Å². The summed E-state index contributed by atoms with van der Waals surface area (Å²) in [5.41, 5.74) is 2.55. The van der Waals surface area contributed by atoms with E-state index in [1.54, 1.807) is 30.6 Å². The fourth-order valence-electron chi connectivity index (χ4n) is 3.17. The number of nitrogens with zero attached hydrogens (tertiary/aromatic N) is 3. The third-order valence-corrected chi connectivity index (χ3v) is 4.42. The zero-order valence-electron chi connectivity index (χ0n) is 15.0. The van der Waals surface area contributed by atoms with Crippen LogP contribution in [0.25, 0.3) is 22.7 Å². The molecule has 0 unspecified atom stereocenters. The van der Waals surface area contributed by atoms with Gasteiger partial charge < -0.3 is 14.8 Å². The maximum Gasteiger partial charge on any atom is 0.339 e. The minimum atomic E-state index is -1.08. The lowest BCUT2D eigenvalue weighted by molar-refractivity contribution is 0.0697. The van der Waals surface area contributed by atoms with Crippen LogP contribution in [0.3, 0.4) is 0 Å². The number of aryl methyl sites for hydroxylation is 1. The summed E-state index contributed by atoms with van der Waals surface area (Å²) in [6.07, 6.45) is 6.31. The van der Waals surface area contributed by atoms with Crippen molar-refractivity contribution < 1.29 is 19.1 Å². The normalized spacial score (nSPS) is 11.0. The second-order valence-corrected chi connectivity index (χ2v) is 6.27. The molecule has 0 aliphatic heterocycles. The molecule has 4 aromatic rings. The minimum absolute atomic E-state index is 0.0666. The van der Waals surface area contributed by atoms with Gasteiger partial charge in [0.2, 0.25) is 0 Å². The molecule has 0 saturated carbocycles. The highest BCUT2D eigenvalue weighted by Gasteiger charge is 2.20. The summed E-state index contributed by atoms with van der Waals surface area (Å²) in [7, 11) is 0. The lowest BCUT2D eigenvalue weighted by atomic mass is 10.0. The predicted octanol–water partition coefficient (Wildman–Crippen LogP) is 3.06. The number of hydrogen-bond acceptors (Lipinski definition) is 5. The lowest BCUT2D eigenvalue weighted by Crippen LogP contribution is -2.22. The summed E-state index contributed by atoms with van der Waals surface area (Å²) in [5, 5.41) is 17.0. The van der Waals surface area contributed by atoms with E-state index in [1.165, 1.54) is 10.7 Å². The largest absolute Gasteiger partial charge is 0.478 e. The van der Waals surface area contributed by atoms with Crippen molar-refractivity contribution >= 4 is 34.6 Å². The van der Waals surface area contributed by atoms with Gasteiger partial charge in [-0.1, -0.05) is 12.7 Å². The molecular weight excluding hydrogens is 360 g/mol. The molecule has 3 heterocycles. The third kappa shape index (κ3) is 2.81. The molecule has 0 spiro atoms. The molecule has 0 fully saturated rings. The molecule has 2 N–H and O–H groups in total. The number of hydrogen-bond donors (Lipinski definition) is 2. The van der Waals surface area contributed by atoms with Crippen molar-refractivity contribution in [1.82, 2.24) is 19.9 Å². The van der Waals surface area contributed by atoms with Crippen LogP contribution in [-0.4, -0.2) is 31.6 Å². The van der Waals surface area contributed by atoms with Gasteiger partial charge in [-0.3, -0.25) is 4.79 Å². The van der Waals surface area contributed by atoms with Gasteiger partial charge in [0, 0.05) is 23.3 Å². The molecule has 8 nitrogen and oxygen atoms in total.